The fraction of sp³-hybridized carbons (Fsp3) is 0.222. The van der Waals surface area contributed by atoms with Crippen LogP contribution in [0.15, 0.2) is 22.7 Å². The van der Waals surface area contributed by atoms with Crippen LogP contribution in [-0.2, 0) is 0 Å². The van der Waals surface area contributed by atoms with Crippen LogP contribution in [0, 0.1) is 17.1 Å². The number of nitrogens with zero attached hydrogens (tertiary/aromatic N) is 1. The minimum atomic E-state index is -0.304. The highest BCUT2D eigenvalue weighted by Gasteiger charge is 1.99. The zero-order valence-corrected chi connectivity index (χ0v) is 8.44. The lowest BCUT2D eigenvalue weighted by atomic mass is 10.3. The minimum absolute atomic E-state index is 0.304. The van der Waals surface area contributed by atoms with Crippen LogP contribution in [0.1, 0.15) is 6.42 Å². The Bertz CT molecular complexity index is 333. The van der Waals surface area contributed by atoms with Crippen LogP contribution in [0.4, 0.5) is 10.1 Å². The summed E-state index contributed by atoms with van der Waals surface area (Å²) in [5.74, 6) is -0.304. The molecular formula is C9H8BrFN2. The summed E-state index contributed by atoms with van der Waals surface area (Å²) in [5.41, 5.74) is 0.691. The van der Waals surface area contributed by atoms with E-state index in [1.807, 2.05) is 6.07 Å². The van der Waals surface area contributed by atoms with Crippen molar-refractivity contribution in [3.05, 3.63) is 28.5 Å². The quantitative estimate of drug-likeness (QED) is 0.828. The van der Waals surface area contributed by atoms with Crippen molar-refractivity contribution in [2.45, 2.75) is 6.42 Å². The Morgan fingerprint density at radius 3 is 2.92 bits per heavy atom. The summed E-state index contributed by atoms with van der Waals surface area (Å²) in [6, 6.07) is 6.77. The molecule has 0 unspecified atom stereocenters. The van der Waals surface area contributed by atoms with Gasteiger partial charge in [-0.1, -0.05) is 0 Å². The minimum Gasteiger partial charge on any atom is -0.384 e. The molecule has 0 aliphatic rings. The first-order valence-corrected chi connectivity index (χ1v) is 4.59. The number of hydrogen-bond acceptors (Lipinski definition) is 2. The predicted molar refractivity (Wildman–Crippen MR) is 52.8 cm³/mol. The molecule has 0 atom stereocenters. The third-order valence-electron chi connectivity index (χ3n) is 1.49. The first-order valence-electron chi connectivity index (χ1n) is 3.80. The van der Waals surface area contributed by atoms with Crippen molar-refractivity contribution in [3.63, 3.8) is 0 Å². The topological polar surface area (TPSA) is 35.8 Å². The van der Waals surface area contributed by atoms with Crippen LogP contribution in [-0.4, -0.2) is 6.54 Å². The lowest BCUT2D eigenvalue weighted by Gasteiger charge is -2.03. The Kier molecular flexibility index (Phi) is 3.71. The van der Waals surface area contributed by atoms with Gasteiger partial charge in [0, 0.05) is 12.2 Å². The van der Waals surface area contributed by atoms with Gasteiger partial charge in [0.25, 0.3) is 0 Å². The second-order valence-electron chi connectivity index (χ2n) is 2.46. The molecule has 0 saturated carbocycles. The molecule has 1 N–H and O–H groups in total. The number of hydrogen-bond donors (Lipinski definition) is 1. The summed E-state index contributed by atoms with van der Waals surface area (Å²) >= 11 is 3.06. The fourth-order valence-electron chi connectivity index (χ4n) is 0.869. The average molecular weight is 243 g/mol. The maximum Gasteiger partial charge on any atom is 0.139 e. The fourth-order valence-corrected chi connectivity index (χ4v) is 1.12. The summed E-state index contributed by atoms with van der Waals surface area (Å²) in [7, 11) is 0. The Balaban J connectivity index is 2.59. The van der Waals surface area contributed by atoms with Gasteiger partial charge in [0.05, 0.1) is 17.0 Å². The maximum absolute atomic E-state index is 12.9. The van der Waals surface area contributed by atoms with E-state index >= 15 is 0 Å². The van der Waals surface area contributed by atoms with Gasteiger partial charge in [-0.25, -0.2) is 4.39 Å². The van der Waals surface area contributed by atoms with Gasteiger partial charge in [-0.15, -0.1) is 0 Å². The van der Waals surface area contributed by atoms with E-state index in [4.69, 9.17) is 5.26 Å². The Morgan fingerprint density at radius 2 is 2.31 bits per heavy atom. The van der Waals surface area contributed by atoms with Crippen molar-refractivity contribution >= 4 is 21.6 Å². The van der Waals surface area contributed by atoms with Crippen LogP contribution in [0.5, 0.6) is 0 Å². The van der Waals surface area contributed by atoms with E-state index in [0.29, 0.717) is 23.1 Å². The van der Waals surface area contributed by atoms with E-state index in [2.05, 4.69) is 21.2 Å². The summed E-state index contributed by atoms with van der Waals surface area (Å²) in [6.45, 7) is 0.539. The lowest BCUT2D eigenvalue weighted by Crippen LogP contribution is -2.00. The van der Waals surface area contributed by atoms with E-state index in [1.54, 1.807) is 12.1 Å². The molecule has 0 saturated heterocycles. The molecule has 0 radical (unpaired) electrons. The zero-order chi connectivity index (χ0) is 9.68. The third-order valence-corrected chi connectivity index (χ3v) is 2.13. The van der Waals surface area contributed by atoms with Crippen molar-refractivity contribution in [2.75, 3.05) is 11.9 Å². The van der Waals surface area contributed by atoms with Gasteiger partial charge < -0.3 is 5.32 Å². The summed E-state index contributed by atoms with van der Waals surface area (Å²) in [5, 5.41) is 11.2. The van der Waals surface area contributed by atoms with E-state index in [-0.39, 0.29) is 5.82 Å². The van der Waals surface area contributed by atoms with Crippen molar-refractivity contribution in [2.24, 2.45) is 0 Å². The zero-order valence-electron chi connectivity index (χ0n) is 6.85. The van der Waals surface area contributed by atoms with Gasteiger partial charge in [-0.05, 0) is 34.1 Å². The molecule has 0 aromatic heterocycles. The smallest absolute Gasteiger partial charge is 0.139 e. The van der Waals surface area contributed by atoms with Gasteiger partial charge in [-0.3, -0.25) is 0 Å². The largest absolute Gasteiger partial charge is 0.384 e. The summed E-state index contributed by atoms with van der Waals surface area (Å²) in [6.07, 6.45) is 0.414. The lowest BCUT2D eigenvalue weighted by molar-refractivity contribution is 0.621. The van der Waals surface area contributed by atoms with Gasteiger partial charge in [0.2, 0.25) is 0 Å². The molecule has 1 aromatic carbocycles. The molecule has 13 heavy (non-hydrogen) atoms. The van der Waals surface area contributed by atoms with Crippen molar-refractivity contribution < 1.29 is 4.39 Å². The molecule has 0 aliphatic heterocycles. The number of benzene rings is 1. The molecule has 1 aromatic rings. The Morgan fingerprint density at radius 1 is 1.54 bits per heavy atom. The van der Waals surface area contributed by atoms with Crippen LogP contribution in [0.3, 0.4) is 0 Å². The van der Waals surface area contributed by atoms with E-state index in [1.165, 1.54) is 6.07 Å². The molecule has 68 valence electrons. The molecule has 2 nitrogen and oxygen atoms in total. The Labute approximate surface area is 84.5 Å². The number of nitrogens with one attached hydrogen (secondary N) is 1. The normalized spacial score (nSPS) is 9.31. The SMILES string of the molecule is N#CCCNc1ccc(Br)c(F)c1. The van der Waals surface area contributed by atoms with Gasteiger partial charge in [0.1, 0.15) is 5.82 Å². The molecule has 1 rings (SSSR count). The first kappa shape index (κ1) is 10.0. The van der Waals surface area contributed by atoms with E-state index in [9.17, 15) is 4.39 Å². The van der Waals surface area contributed by atoms with Crippen LogP contribution < -0.4 is 5.32 Å². The molecule has 0 heterocycles. The highest BCUT2D eigenvalue weighted by atomic mass is 79.9. The van der Waals surface area contributed by atoms with Crippen molar-refractivity contribution in [3.8, 4) is 6.07 Å². The van der Waals surface area contributed by atoms with E-state index < -0.39 is 0 Å². The van der Waals surface area contributed by atoms with Crippen molar-refractivity contribution in [1.29, 1.82) is 5.26 Å². The highest BCUT2D eigenvalue weighted by Crippen LogP contribution is 2.18. The molecule has 0 aliphatic carbocycles. The third kappa shape index (κ3) is 3.03. The van der Waals surface area contributed by atoms with Gasteiger partial charge >= 0.3 is 0 Å². The average Bonchev–Trinajstić information content (AvgIpc) is 2.12. The first-order chi connectivity index (χ1) is 6.24. The van der Waals surface area contributed by atoms with Crippen LogP contribution in [0.2, 0.25) is 0 Å². The molecule has 0 spiro atoms. The second kappa shape index (κ2) is 4.83. The predicted octanol–water partition coefficient (Wildman–Crippen LogP) is 2.91. The number of nitriles is 1. The van der Waals surface area contributed by atoms with Crippen LogP contribution in [0.25, 0.3) is 0 Å². The monoisotopic (exact) mass is 242 g/mol. The molecule has 4 heteroatoms. The molecule has 0 bridgehead atoms. The molecular weight excluding hydrogens is 235 g/mol. The van der Waals surface area contributed by atoms with Crippen molar-refractivity contribution in [1.82, 2.24) is 0 Å². The maximum atomic E-state index is 12.9. The van der Waals surface area contributed by atoms with Gasteiger partial charge in [0.15, 0.2) is 0 Å². The molecule has 0 fully saturated rings. The van der Waals surface area contributed by atoms with E-state index in [0.717, 1.165) is 0 Å². The Hall–Kier alpha value is -1.08. The summed E-state index contributed by atoms with van der Waals surface area (Å²) < 4.78 is 13.4. The molecule has 0 amide bonds. The number of rotatable bonds is 3. The number of anilines is 1. The number of halogens is 2. The van der Waals surface area contributed by atoms with Crippen LogP contribution >= 0.6 is 15.9 Å². The highest BCUT2D eigenvalue weighted by molar-refractivity contribution is 9.10. The standard InChI is InChI=1S/C9H8BrFN2/c10-8-3-2-7(6-9(8)11)13-5-1-4-12/h2-3,6,13H,1,5H2. The van der Waals surface area contributed by atoms with Gasteiger partial charge in [-0.2, -0.15) is 5.26 Å². The summed E-state index contributed by atoms with van der Waals surface area (Å²) in [4.78, 5) is 0. The second-order valence-corrected chi connectivity index (χ2v) is 3.32.